The van der Waals surface area contributed by atoms with Crippen LogP contribution in [0.3, 0.4) is 0 Å². The zero-order valence-electron chi connectivity index (χ0n) is 15.0. The molecule has 0 aliphatic carbocycles. The van der Waals surface area contributed by atoms with Crippen molar-refractivity contribution in [2.75, 3.05) is 4.90 Å². The molecule has 142 valence electrons. The highest BCUT2D eigenvalue weighted by atomic mass is 79.9. The van der Waals surface area contributed by atoms with Crippen molar-refractivity contribution < 1.29 is 23.6 Å². The van der Waals surface area contributed by atoms with Crippen LogP contribution in [-0.4, -0.2) is 22.0 Å². The molecular weight excluding hydrogens is 428 g/mol. The molecule has 1 aliphatic rings. The third-order valence-electron chi connectivity index (χ3n) is 4.47. The molecule has 4 rings (SSSR count). The molecule has 8 heteroatoms. The second kappa shape index (κ2) is 6.79. The highest BCUT2D eigenvalue weighted by Gasteiger charge is 2.46. The van der Waals surface area contributed by atoms with Crippen molar-refractivity contribution >= 4 is 33.4 Å². The Labute approximate surface area is 168 Å². The van der Waals surface area contributed by atoms with Crippen LogP contribution in [0.1, 0.15) is 33.7 Å². The van der Waals surface area contributed by atoms with Crippen LogP contribution in [0.25, 0.3) is 0 Å². The van der Waals surface area contributed by atoms with E-state index in [4.69, 9.17) is 8.94 Å². The van der Waals surface area contributed by atoms with Crippen LogP contribution in [0, 0.1) is 13.8 Å². The van der Waals surface area contributed by atoms with Crippen LogP contribution >= 0.6 is 15.9 Å². The van der Waals surface area contributed by atoms with Gasteiger partial charge < -0.3 is 14.0 Å². The maximum absolute atomic E-state index is 13.1. The van der Waals surface area contributed by atoms with Crippen LogP contribution in [0.4, 0.5) is 5.82 Å². The number of Topliss-reactive ketones (excluding diaryl/α,β-unsaturated/α-hetero) is 1. The fraction of sp³-hybridized carbons (Fsp3) is 0.150. The first-order chi connectivity index (χ1) is 13.4. The number of furan rings is 1. The van der Waals surface area contributed by atoms with Gasteiger partial charge in [-0.3, -0.25) is 14.5 Å². The summed E-state index contributed by atoms with van der Waals surface area (Å²) < 4.78 is 11.4. The largest absolute Gasteiger partial charge is 0.503 e. The first-order valence-electron chi connectivity index (χ1n) is 8.43. The standard InChI is InChI=1S/C20H15BrN2O5/c1-10-3-8-14(27-10)18(24)16-17(12-4-6-13(21)7-5-12)23(20(26)19(16)25)15-9-11(2)28-22-15/h3-9,17,25H,1-2H3/t17-/m0/s1. The maximum atomic E-state index is 13.1. The number of aryl methyl sites for hydroxylation is 2. The van der Waals surface area contributed by atoms with Crippen molar-refractivity contribution in [3.05, 3.63) is 81.1 Å². The van der Waals surface area contributed by atoms with E-state index >= 15 is 0 Å². The van der Waals surface area contributed by atoms with Gasteiger partial charge in [0.25, 0.3) is 5.91 Å². The monoisotopic (exact) mass is 442 g/mol. The Balaban J connectivity index is 1.87. The van der Waals surface area contributed by atoms with Gasteiger partial charge in [0.1, 0.15) is 11.5 Å². The van der Waals surface area contributed by atoms with Crippen LogP contribution in [0.2, 0.25) is 0 Å². The van der Waals surface area contributed by atoms with E-state index in [-0.39, 0.29) is 17.2 Å². The summed E-state index contributed by atoms with van der Waals surface area (Å²) in [6.07, 6.45) is 0. The van der Waals surface area contributed by atoms with Gasteiger partial charge in [0.05, 0.1) is 11.6 Å². The number of amides is 1. The van der Waals surface area contributed by atoms with Gasteiger partial charge in [-0.15, -0.1) is 0 Å². The van der Waals surface area contributed by atoms with Gasteiger partial charge in [-0.05, 0) is 43.7 Å². The smallest absolute Gasteiger partial charge is 0.295 e. The number of hydrogen-bond donors (Lipinski definition) is 1. The molecule has 1 aromatic carbocycles. The summed E-state index contributed by atoms with van der Waals surface area (Å²) in [5.74, 6) is -0.613. The molecule has 7 nitrogen and oxygen atoms in total. The summed E-state index contributed by atoms with van der Waals surface area (Å²) in [6, 6.07) is 11.0. The quantitative estimate of drug-likeness (QED) is 0.600. The first kappa shape index (κ1) is 18.2. The molecule has 0 fully saturated rings. The molecule has 0 unspecified atom stereocenters. The zero-order valence-corrected chi connectivity index (χ0v) is 16.6. The number of anilines is 1. The third kappa shape index (κ3) is 2.95. The average molecular weight is 443 g/mol. The van der Waals surface area contributed by atoms with Gasteiger partial charge in [-0.2, -0.15) is 0 Å². The number of ketones is 1. The first-order valence-corrected chi connectivity index (χ1v) is 9.22. The van der Waals surface area contributed by atoms with E-state index < -0.39 is 23.5 Å². The van der Waals surface area contributed by atoms with Crippen LogP contribution in [-0.2, 0) is 4.79 Å². The summed E-state index contributed by atoms with van der Waals surface area (Å²) in [6.45, 7) is 3.40. The van der Waals surface area contributed by atoms with Crippen molar-refractivity contribution in [1.82, 2.24) is 5.16 Å². The normalized spacial score (nSPS) is 16.9. The predicted molar refractivity (Wildman–Crippen MR) is 103 cm³/mol. The molecule has 1 amide bonds. The number of carbonyl (C=O) groups excluding carboxylic acids is 2. The van der Waals surface area contributed by atoms with Crippen molar-refractivity contribution in [2.24, 2.45) is 0 Å². The van der Waals surface area contributed by atoms with E-state index in [2.05, 4.69) is 21.1 Å². The number of aliphatic hydroxyl groups excluding tert-OH is 1. The Morgan fingerprint density at radius 2 is 1.86 bits per heavy atom. The van der Waals surface area contributed by atoms with Gasteiger partial charge in [0.15, 0.2) is 17.3 Å². The van der Waals surface area contributed by atoms with Gasteiger partial charge in [-0.25, -0.2) is 0 Å². The Hall–Kier alpha value is -3.13. The summed E-state index contributed by atoms with van der Waals surface area (Å²) in [5.41, 5.74) is 0.565. The molecule has 0 radical (unpaired) electrons. The van der Waals surface area contributed by atoms with E-state index in [9.17, 15) is 14.7 Å². The van der Waals surface area contributed by atoms with E-state index in [0.717, 1.165) is 4.47 Å². The molecule has 28 heavy (non-hydrogen) atoms. The Kier molecular flexibility index (Phi) is 4.43. The number of rotatable bonds is 4. The summed E-state index contributed by atoms with van der Waals surface area (Å²) in [5, 5.41) is 14.5. The number of hydrogen-bond acceptors (Lipinski definition) is 6. The van der Waals surface area contributed by atoms with E-state index in [0.29, 0.717) is 17.1 Å². The maximum Gasteiger partial charge on any atom is 0.295 e. The molecule has 1 N–H and O–H groups in total. The van der Waals surface area contributed by atoms with Gasteiger partial charge >= 0.3 is 0 Å². The molecule has 0 saturated heterocycles. The number of aromatic nitrogens is 1. The average Bonchev–Trinajstić information content (AvgIpc) is 3.35. The van der Waals surface area contributed by atoms with Crippen molar-refractivity contribution in [3.8, 4) is 0 Å². The minimum atomic E-state index is -0.872. The van der Waals surface area contributed by atoms with Gasteiger partial charge in [0.2, 0.25) is 5.78 Å². The number of halogens is 1. The Morgan fingerprint density at radius 1 is 1.14 bits per heavy atom. The zero-order chi connectivity index (χ0) is 20.0. The molecule has 3 aromatic rings. The van der Waals surface area contributed by atoms with E-state index in [1.54, 1.807) is 50.2 Å². The van der Waals surface area contributed by atoms with E-state index in [1.165, 1.54) is 11.0 Å². The number of benzene rings is 1. The summed E-state index contributed by atoms with van der Waals surface area (Å²) >= 11 is 3.37. The van der Waals surface area contributed by atoms with Crippen LogP contribution < -0.4 is 4.90 Å². The van der Waals surface area contributed by atoms with Crippen molar-refractivity contribution in [3.63, 3.8) is 0 Å². The van der Waals surface area contributed by atoms with Crippen LogP contribution in [0.5, 0.6) is 0 Å². The number of nitrogens with zero attached hydrogens (tertiary/aromatic N) is 2. The molecule has 3 heterocycles. The van der Waals surface area contributed by atoms with Crippen LogP contribution in [0.15, 0.2) is 67.2 Å². The molecule has 1 atom stereocenters. The topological polar surface area (TPSA) is 96.8 Å². The molecule has 1 aliphatic heterocycles. The molecule has 0 spiro atoms. The van der Waals surface area contributed by atoms with Gasteiger partial charge in [0, 0.05) is 10.5 Å². The van der Waals surface area contributed by atoms with Crippen molar-refractivity contribution in [1.29, 1.82) is 0 Å². The van der Waals surface area contributed by atoms with Crippen molar-refractivity contribution in [2.45, 2.75) is 19.9 Å². The molecular formula is C20H15BrN2O5. The Morgan fingerprint density at radius 3 is 2.43 bits per heavy atom. The molecule has 2 aromatic heterocycles. The third-order valence-corrected chi connectivity index (χ3v) is 4.99. The summed E-state index contributed by atoms with van der Waals surface area (Å²) in [4.78, 5) is 27.2. The second-order valence-corrected chi connectivity index (χ2v) is 7.34. The fourth-order valence-corrected chi connectivity index (χ4v) is 3.45. The lowest BCUT2D eigenvalue weighted by Crippen LogP contribution is -2.31. The lowest BCUT2D eigenvalue weighted by molar-refractivity contribution is -0.117. The highest BCUT2D eigenvalue weighted by Crippen LogP contribution is 2.42. The lowest BCUT2D eigenvalue weighted by atomic mass is 9.95. The minimum absolute atomic E-state index is 0.0483. The predicted octanol–water partition coefficient (Wildman–Crippen LogP) is 4.43. The number of aliphatic hydroxyl groups is 1. The second-order valence-electron chi connectivity index (χ2n) is 6.43. The lowest BCUT2D eigenvalue weighted by Gasteiger charge is -2.24. The summed E-state index contributed by atoms with van der Waals surface area (Å²) in [7, 11) is 0. The SMILES string of the molecule is Cc1cc(N2C(=O)C(O)=C(C(=O)c3ccc(C)o3)[C@@H]2c2ccc(Br)cc2)no1. The molecule has 0 bridgehead atoms. The Bertz CT molecular complexity index is 1110. The van der Waals surface area contributed by atoms with Gasteiger partial charge in [-0.1, -0.05) is 33.2 Å². The number of carbonyl (C=O) groups is 2. The highest BCUT2D eigenvalue weighted by molar-refractivity contribution is 9.10. The fourth-order valence-electron chi connectivity index (χ4n) is 3.19. The molecule has 0 saturated carbocycles. The van der Waals surface area contributed by atoms with E-state index in [1.807, 2.05) is 0 Å². The minimum Gasteiger partial charge on any atom is -0.503 e.